The molecule has 0 amide bonds. The second kappa shape index (κ2) is 3.46. The molecule has 2 aromatic heterocycles. The smallest absolute Gasteiger partial charge is 0.433 e. The average molecular weight is 225 g/mol. The molecule has 16 heavy (non-hydrogen) atoms. The van der Waals surface area contributed by atoms with Gasteiger partial charge in [-0.25, -0.2) is 4.79 Å². The van der Waals surface area contributed by atoms with Crippen LogP contribution in [0.1, 0.15) is 10.6 Å². The van der Waals surface area contributed by atoms with Crippen molar-refractivity contribution in [2.75, 3.05) is 0 Å². The molecule has 0 spiro atoms. The minimum Gasteiger partial charge on any atom is -0.475 e. The molecular weight excluding hydrogens is 222 g/mol. The van der Waals surface area contributed by atoms with E-state index in [2.05, 4.69) is 14.7 Å². The largest absolute Gasteiger partial charge is 0.475 e. The van der Waals surface area contributed by atoms with Crippen LogP contribution in [0.15, 0.2) is 21.1 Å². The zero-order chi connectivity index (χ0) is 11.7. The Labute approximate surface area is 86.4 Å². The molecule has 0 unspecified atom stereocenters. The van der Waals surface area contributed by atoms with Crippen molar-refractivity contribution >= 4 is 11.9 Å². The van der Waals surface area contributed by atoms with Crippen molar-refractivity contribution < 1.29 is 23.8 Å². The third-order valence-electron chi connectivity index (χ3n) is 1.60. The predicted octanol–water partition coefficient (Wildman–Crippen LogP) is 0.936. The Kier molecular flexibility index (Phi) is 2.12. The highest BCUT2D eigenvalue weighted by molar-refractivity contribution is 5.83. The summed E-state index contributed by atoms with van der Waals surface area (Å²) in [4.78, 5) is 23.5. The van der Waals surface area contributed by atoms with E-state index in [9.17, 15) is 14.9 Å². The van der Waals surface area contributed by atoms with Crippen LogP contribution in [-0.2, 0) is 0 Å². The number of hydrogen-bond acceptors (Lipinski definition) is 7. The molecule has 0 fully saturated rings. The van der Waals surface area contributed by atoms with Gasteiger partial charge in [-0.1, -0.05) is 0 Å². The zero-order valence-corrected chi connectivity index (χ0v) is 7.48. The Balaban J connectivity index is 2.35. The lowest BCUT2D eigenvalue weighted by Gasteiger charge is -1.83. The number of carboxylic acids is 1. The fraction of sp³-hybridized carbons (Fsp3) is 0. The summed E-state index contributed by atoms with van der Waals surface area (Å²) < 4.78 is 9.28. The lowest BCUT2D eigenvalue weighted by Crippen LogP contribution is -1.98. The summed E-state index contributed by atoms with van der Waals surface area (Å²) in [6.07, 6.45) is 0. The maximum absolute atomic E-state index is 10.4. The van der Waals surface area contributed by atoms with Crippen LogP contribution in [0, 0.1) is 10.1 Å². The van der Waals surface area contributed by atoms with Crippen molar-refractivity contribution in [3.05, 3.63) is 28.1 Å². The molecule has 0 bridgehead atoms. The second-order valence-corrected chi connectivity index (χ2v) is 2.62. The quantitative estimate of drug-likeness (QED) is 0.602. The molecule has 2 rings (SSSR count). The molecule has 0 aliphatic heterocycles. The minimum atomic E-state index is -1.36. The first kappa shape index (κ1) is 9.83. The highest BCUT2D eigenvalue weighted by Gasteiger charge is 2.19. The monoisotopic (exact) mass is 225 g/mol. The molecule has 0 saturated carbocycles. The third-order valence-corrected chi connectivity index (χ3v) is 1.60. The molecule has 9 nitrogen and oxygen atoms in total. The van der Waals surface area contributed by atoms with Crippen molar-refractivity contribution in [3.63, 3.8) is 0 Å². The molecular formula is C7H3N3O6. The van der Waals surface area contributed by atoms with E-state index in [1.165, 1.54) is 6.07 Å². The van der Waals surface area contributed by atoms with E-state index in [4.69, 9.17) is 9.52 Å². The number of carbonyl (C=O) groups is 1. The lowest BCUT2D eigenvalue weighted by atomic mass is 10.4. The summed E-state index contributed by atoms with van der Waals surface area (Å²) in [5.74, 6) is -2.70. The third kappa shape index (κ3) is 1.61. The van der Waals surface area contributed by atoms with Crippen molar-refractivity contribution in [2.24, 2.45) is 0 Å². The van der Waals surface area contributed by atoms with E-state index in [1.807, 2.05) is 0 Å². The van der Waals surface area contributed by atoms with Gasteiger partial charge >= 0.3 is 11.9 Å². The van der Waals surface area contributed by atoms with Gasteiger partial charge in [-0.05, 0) is 11.2 Å². The summed E-state index contributed by atoms with van der Waals surface area (Å²) in [6.45, 7) is 0. The number of hydrogen-bond donors (Lipinski definition) is 1. The summed E-state index contributed by atoms with van der Waals surface area (Å²) in [5.41, 5.74) is 0. The van der Waals surface area contributed by atoms with Crippen molar-refractivity contribution in [3.8, 4) is 11.7 Å². The zero-order valence-electron chi connectivity index (χ0n) is 7.48. The Hall–Kier alpha value is -2.71. The van der Waals surface area contributed by atoms with Gasteiger partial charge in [0.25, 0.3) is 11.7 Å². The number of carboxylic acid groups (broad SMARTS) is 1. The van der Waals surface area contributed by atoms with Crippen LogP contribution in [-0.4, -0.2) is 26.1 Å². The van der Waals surface area contributed by atoms with Crippen LogP contribution in [0.4, 0.5) is 5.88 Å². The molecule has 0 aliphatic carbocycles. The van der Waals surface area contributed by atoms with Gasteiger partial charge in [0.05, 0.1) is 6.07 Å². The summed E-state index contributed by atoms with van der Waals surface area (Å²) in [5, 5.41) is 22.0. The van der Waals surface area contributed by atoms with Crippen molar-refractivity contribution in [2.45, 2.75) is 0 Å². The summed E-state index contributed by atoms with van der Waals surface area (Å²) >= 11 is 0. The highest BCUT2D eigenvalue weighted by atomic mass is 16.6. The van der Waals surface area contributed by atoms with Crippen molar-refractivity contribution in [1.29, 1.82) is 0 Å². The minimum absolute atomic E-state index is 0.0632. The average Bonchev–Trinajstić information content (AvgIpc) is 2.86. The van der Waals surface area contributed by atoms with Gasteiger partial charge in [0.2, 0.25) is 0 Å². The number of rotatable bonds is 3. The van der Waals surface area contributed by atoms with Gasteiger partial charge in [0.1, 0.15) is 4.92 Å². The van der Waals surface area contributed by atoms with Crippen LogP contribution in [0.5, 0.6) is 0 Å². The van der Waals surface area contributed by atoms with E-state index in [0.29, 0.717) is 0 Å². The van der Waals surface area contributed by atoms with Crippen molar-refractivity contribution in [1.82, 2.24) is 10.1 Å². The molecule has 82 valence electrons. The lowest BCUT2D eigenvalue weighted by molar-refractivity contribution is -0.401. The number of aromatic nitrogens is 2. The highest BCUT2D eigenvalue weighted by Crippen LogP contribution is 2.24. The van der Waals surface area contributed by atoms with Gasteiger partial charge < -0.3 is 14.0 Å². The maximum atomic E-state index is 10.4. The van der Waals surface area contributed by atoms with E-state index in [-0.39, 0.29) is 11.7 Å². The first-order chi connectivity index (χ1) is 7.58. The number of nitro groups is 1. The molecule has 0 aromatic carbocycles. The molecule has 2 aromatic rings. The Bertz CT molecular complexity index is 506. The predicted molar refractivity (Wildman–Crippen MR) is 45.6 cm³/mol. The number of aromatic carboxylic acids is 1. The normalized spacial score (nSPS) is 10.2. The van der Waals surface area contributed by atoms with Gasteiger partial charge in [-0.15, -0.1) is 0 Å². The Morgan fingerprint density at radius 2 is 2.25 bits per heavy atom. The fourth-order valence-corrected chi connectivity index (χ4v) is 0.951. The van der Waals surface area contributed by atoms with Crippen LogP contribution >= 0.6 is 0 Å². The number of nitrogens with zero attached hydrogens (tertiary/aromatic N) is 3. The summed E-state index contributed by atoms with van der Waals surface area (Å²) in [6, 6.07) is 2.33. The van der Waals surface area contributed by atoms with E-state index < -0.39 is 22.6 Å². The fourth-order valence-electron chi connectivity index (χ4n) is 0.951. The molecule has 1 N–H and O–H groups in total. The molecule has 0 saturated heterocycles. The standard InChI is InChI=1S/C7H3N3O6/c11-7(12)5-8-6(16-9-5)3-1-2-4(15-3)10(13)14/h1-2H,(H,11,12). The Morgan fingerprint density at radius 1 is 1.50 bits per heavy atom. The van der Waals surface area contributed by atoms with Crippen LogP contribution in [0.25, 0.3) is 11.7 Å². The first-order valence-electron chi connectivity index (χ1n) is 3.89. The van der Waals surface area contributed by atoms with Gasteiger partial charge in [-0.2, -0.15) is 4.98 Å². The SMILES string of the molecule is O=C(O)c1noc(-c2ccc([N+](=O)[O-])o2)n1. The molecule has 0 radical (unpaired) electrons. The summed E-state index contributed by atoms with van der Waals surface area (Å²) in [7, 11) is 0. The number of furan rings is 1. The van der Waals surface area contributed by atoms with Gasteiger partial charge in [0, 0.05) is 0 Å². The maximum Gasteiger partial charge on any atom is 0.433 e. The van der Waals surface area contributed by atoms with Gasteiger partial charge in [0.15, 0.2) is 5.76 Å². The van der Waals surface area contributed by atoms with Gasteiger partial charge in [-0.3, -0.25) is 10.1 Å². The molecule has 0 aliphatic rings. The second-order valence-electron chi connectivity index (χ2n) is 2.62. The van der Waals surface area contributed by atoms with Crippen LogP contribution < -0.4 is 0 Å². The van der Waals surface area contributed by atoms with Crippen LogP contribution in [0.3, 0.4) is 0 Å². The molecule has 2 heterocycles. The van der Waals surface area contributed by atoms with Crippen LogP contribution in [0.2, 0.25) is 0 Å². The van der Waals surface area contributed by atoms with E-state index in [0.717, 1.165) is 6.07 Å². The van der Waals surface area contributed by atoms with E-state index in [1.54, 1.807) is 0 Å². The topological polar surface area (TPSA) is 132 Å². The first-order valence-corrected chi connectivity index (χ1v) is 3.89. The molecule has 0 atom stereocenters. The molecule has 9 heteroatoms. The Morgan fingerprint density at radius 3 is 2.75 bits per heavy atom. The van der Waals surface area contributed by atoms with E-state index >= 15 is 0 Å².